The van der Waals surface area contributed by atoms with Crippen LogP contribution in [0.1, 0.15) is 52.9 Å². The van der Waals surface area contributed by atoms with Crippen molar-refractivity contribution in [3.05, 3.63) is 60.1 Å². The molecule has 1 aromatic carbocycles. The van der Waals surface area contributed by atoms with E-state index in [9.17, 15) is 13.6 Å². The fraction of sp³-hybridized carbons (Fsp3) is 0.464. The number of piperidine rings is 1. The number of urea groups is 1. The Bertz CT molecular complexity index is 1380. The first-order valence-corrected chi connectivity index (χ1v) is 15.0. The number of pyridine rings is 1. The fourth-order valence-corrected chi connectivity index (χ4v) is 4.04. The van der Waals surface area contributed by atoms with E-state index in [-0.39, 0.29) is 19.7 Å². The Labute approximate surface area is 240 Å². The lowest BCUT2D eigenvalue weighted by molar-refractivity contribution is -0.0551. The maximum Gasteiger partial charge on any atom is 0.324 e. The van der Waals surface area contributed by atoms with Gasteiger partial charge in [-0.25, -0.2) is 22.0 Å². The van der Waals surface area contributed by atoms with E-state index in [1.807, 2.05) is 63.4 Å². The number of amides is 2. The second-order valence-corrected chi connectivity index (χ2v) is 12.4. The molecule has 13 heteroatoms. The number of aromatic nitrogens is 2. The number of carbonyl (C=O) groups excluding carboxylic acids is 1. The normalized spacial score (nSPS) is 15.5. The first-order valence-electron chi connectivity index (χ1n) is 13.2. The van der Waals surface area contributed by atoms with Crippen molar-refractivity contribution in [1.29, 1.82) is 0 Å². The monoisotopic (exact) mass is 594 g/mol. The van der Waals surface area contributed by atoms with Crippen LogP contribution in [0.25, 0.3) is 11.1 Å². The molecule has 0 spiro atoms. The molecule has 1 aliphatic rings. The van der Waals surface area contributed by atoms with Crippen molar-refractivity contribution in [2.45, 2.75) is 57.8 Å². The number of rotatable bonds is 7. The van der Waals surface area contributed by atoms with Crippen molar-refractivity contribution >= 4 is 27.7 Å². The van der Waals surface area contributed by atoms with E-state index < -0.39 is 22.1 Å². The topological polar surface area (TPSA) is 140 Å². The standard InChI is InChI=1S/C27H33F2N5O2.CH4O3S.H2/c1-26(2,3)23-17-24(33-36-23)32-25(35)31-22-10-6-19(7-11-22)20-8-9-21(30-18-20)5-4-14-34-15-12-27(28,29)13-16-34;1-5(2,3)4;/h6-11,17-18H,4-5,12-16H2,1-3H3,(H2,31,32,33,35);1H3,(H,2,3,4);1H/p-1. The van der Waals surface area contributed by atoms with Crippen LogP contribution < -0.4 is 10.6 Å². The number of hydrogen-bond acceptors (Lipinski definition) is 8. The predicted molar refractivity (Wildman–Crippen MR) is 154 cm³/mol. The number of alkyl halides is 2. The maximum atomic E-state index is 13.3. The summed E-state index contributed by atoms with van der Waals surface area (Å²) in [6, 6.07) is 12.8. The van der Waals surface area contributed by atoms with E-state index in [2.05, 4.69) is 25.7 Å². The fourth-order valence-electron chi connectivity index (χ4n) is 4.04. The van der Waals surface area contributed by atoms with Gasteiger partial charge in [0.1, 0.15) is 5.76 Å². The number of likely N-dealkylation sites (tertiary alicyclic amines) is 1. The highest BCUT2D eigenvalue weighted by molar-refractivity contribution is 7.84. The van der Waals surface area contributed by atoms with Gasteiger partial charge in [0.25, 0.3) is 5.92 Å². The molecule has 0 unspecified atom stereocenters. The SMILES string of the molecule is CC(C)(C)c1cc(NC(=O)Nc2ccc(-c3ccc(CCCN4CCC(F)(F)CC4)nc3)cc2)no1.CS(=O)(=O)[O-].[HH]. The summed E-state index contributed by atoms with van der Waals surface area (Å²) in [6.45, 7) is 7.76. The average molecular weight is 595 g/mol. The van der Waals surface area contributed by atoms with Crippen LogP contribution >= 0.6 is 0 Å². The number of carbonyl (C=O) groups is 1. The molecule has 10 nitrogen and oxygen atoms in total. The molecular weight excluding hydrogens is 556 g/mol. The van der Waals surface area contributed by atoms with Crippen molar-refractivity contribution in [2.24, 2.45) is 0 Å². The highest BCUT2D eigenvalue weighted by Crippen LogP contribution is 2.28. The van der Waals surface area contributed by atoms with Gasteiger partial charge in [0.05, 0.1) is 10.1 Å². The molecule has 2 N–H and O–H groups in total. The van der Waals surface area contributed by atoms with Crippen molar-refractivity contribution in [2.75, 3.05) is 36.5 Å². The zero-order valence-electron chi connectivity index (χ0n) is 23.6. The third kappa shape index (κ3) is 11.5. The first kappa shape index (κ1) is 32.1. The summed E-state index contributed by atoms with van der Waals surface area (Å²) >= 11 is 0. The lowest BCUT2D eigenvalue weighted by Crippen LogP contribution is -2.39. The maximum absolute atomic E-state index is 13.3. The molecule has 0 bridgehead atoms. The second kappa shape index (κ2) is 13.5. The molecule has 1 saturated heterocycles. The number of halogens is 2. The molecule has 2 amide bonds. The Morgan fingerprint density at radius 3 is 2.24 bits per heavy atom. The average Bonchev–Trinajstić information content (AvgIpc) is 3.34. The summed E-state index contributed by atoms with van der Waals surface area (Å²) in [4.78, 5) is 19.0. The van der Waals surface area contributed by atoms with E-state index in [1.54, 1.807) is 6.07 Å². The van der Waals surface area contributed by atoms with E-state index in [1.165, 1.54) is 0 Å². The van der Waals surface area contributed by atoms with Crippen molar-refractivity contribution in [1.82, 2.24) is 15.0 Å². The van der Waals surface area contributed by atoms with Gasteiger partial charge in [0.2, 0.25) is 0 Å². The number of anilines is 2. The molecule has 0 aliphatic carbocycles. The molecule has 1 aliphatic heterocycles. The lowest BCUT2D eigenvalue weighted by atomic mass is 9.93. The van der Waals surface area contributed by atoms with Crippen LogP contribution in [-0.4, -0.2) is 65.9 Å². The van der Waals surface area contributed by atoms with Crippen LogP contribution in [0.3, 0.4) is 0 Å². The zero-order valence-corrected chi connectivity index (χ0v) is 24.4. The summed E-state index contributed by atoms with van der Waals surface area (Å²) < 4.78 is 59.1. The summed E-state index contributed by atoms with van der Waals surface area (Å²) in [5.41, 5.74) is 3.41. The van der Waals surface area contributed by atoms with E-state index in [0.717, 1.165) is 36.2 Å². The van der Waals surface area contributed by atoms with Gasteiger partial charge in [-0.05, 0) is 43.1 Å². The molecule has 3 aromatic rings. The Hall–Kier alpha value is -3.42. The lowest BCUT2D eigenvalue weighted by Gasteiger charge is -2.31. The predicted octanol–water partition coefficient (Wildman–Crippen LogP) is 5.75. The molecule has 0 radical (unpaired) electrons. The van der Waals surface area contributed by atoms with Gasteiger partial charge in [0.15, 0.2) is 5.82 Å². The molecule has 41 heavy (non-hydrogen) atoms. The molecule has 4 rings (SSSR count). The molecule has 0 saturated carbocycles. The Morgan fingerprint density at radius 1 is 1.10 bits per heavy atom. The Kier molecular flexibility index (Phi) is 10.6. The first-order chi connectivity index (χ1) is 19.1. The summed E-state index contributed by atoms with van der Waals surface area (Å²) in [5.74, 6) is -1.45. The van der Waals surface area contributed by atoms with Crippen LogP contribution in [0.15, 0.2) is 53.2 Å². The second-order valence-electron chi connectivity index (χ2n) is 11.0. The van der Waals surface area contributed by atoms with Crippen LogP contribution in [-0.2, 0) is 22.0 Å². The van der Waals surface area contributed by atoms with Crippen molar-refractivity contribution < 1.29 is 32.5 Å². The number of nitrogens with zero attached hydrogens (tertiary/aromatic N) is 3. The van der Waals surface area contributed by atoms with Crippen molar-refractivity contribution in [3.8, 4) is 11.1 Å². The van der Waals surface area contributed by atoms with Crippen LogP contribution in [0.2, 0.25) is 0 Å². The summed E-state index contributed by atoms with van der Waals surface area (Å²) in [6.07, 6.45) is 4.06. The molecule has 1 fully saturated rings. The third-order valence-corrected chi connectivity index (χ3v) is 6.29. The smallest absolute Gasteiger partial charge is 0.324 e. The third-order valence-electron chi connectivity index (χ3n) is 6.29. The highest BCUT2D eigenvalue weighted by Gasteiger charge is 2.33. The molecular formula is C28H38F2N5O5S-. The number of hydrogen-bond donors (Lipinski definition) is 2. The minimum atomic E-state index is -3.92. The molecule has 2 aromatic heterocycles. The van der Waals surface area contributed by atoms with Gasteiger partial charge in [-0.3, -0.25) is 10.3 Å². The minimum absolute atomic E-state index is 0. The van der Waals surface area contributed by atoms with Crippen LogP contribution in [0, 0.1) is 0 Å². The van der Waals surface area contributed by atoms with Crippen molar-refractivity contribution in [3.63, 3.8) is 0 Å². The quantitative estimate of drug-likeness (QED) is 0.330. The molecule has 0 atom stereocenters. The van der Waals surface area contributed by atoms with Gasteiger partial charge in [0, 0.05) is 68.2 Å². The van der Waals surface area contributed by atoms with Crippen LogP contribution in [0.4, 0.5) is 25.1 Å². The number of nitrogens with one attached hydrogen (secondary N) is 2. The Balaban J connectivity index is 0.000000947. The number of benzene rings is 1. The molecule has 3 heterocycles. The summed E-state index contributed by atoms with van der Waals surface area (Å²) in [7, 11) is -3.92. The minimum Gasteiger partial charge on any atom is -0.748 e. The van der Waals surface area contributed by atoms with Gasteiger partial charge in [-0.1, -0.05) is 44.1 Å². The number of aryl methyl sites for hydroxylation is 1. The summed E-state index contributed by atoms with van der Waals surface area (Å²) in [5, 5.41) is 9.35. The van der Waals surface area contributed by atoms with Gasteiger partial charge in [-0.2, -0.15) is 0 Å². The largest absolute Gasteiger partial charge is 0.748 e. The van der Waals surface area contributed by atoms with Gasteiger partial charge in [-0.15, -0.1) is 0 Å². The van der Waals surface area contributed by atoms with E-state index in [0.29, 0.717) is 36.6 Å². The van der Waals surface area contributed by atoms with Gasteiger partial charge < -0.3 is 19.3 Å². The van der Waals surface area contributed by atoms with E-state index in [4.69, 9.17) is 17.5 Å². The molecule has 226 valence electrons. The van der Waals surface area contributed by atoms with E-state index >= 15 is 0 Å². The Morgan fingerprint density at radius 2 is 1.71 bits per heavy atom. The zero-order chi connectivity index (χ0) is 30.3. The van der Waals surface area contributed by atoms with Crippen LogP contribution in [0.5, 0.6) is 0 Å². The van der Waals surface area contributed by atoms with Gasteiger partial charge >= 0.3 is 6.03 Å². The highest BCUT2D eigenvalue weighted by atomic mass is 32.2.